The molecule has 0 saturated carbocycles. The number of fused-ring (bicyclic) bond motifs is 1. The van der Waals surface area contributed by atoms with E-state index < -0.39 is 11.8 Å². The van der Waals surface area contributed by atoms with E-state index in [0.717, 1.165) is 5.56 Å². The van der Waals surface area contributed by atoms with Gasteiger partial charge in [0.1, 0.15) is 11.5 Å². The van der Waals surface area contributed by atoms with E-state index in [1.807, 2.05) is 47.2 Å². The Balaban J connectivity index is 1.47. The lowest BCUT2D eigenvalue weighted by Gasteiger charge is -2.37. The molecule has 148 valence electrons. The van der Waals surface area contributed by atoms with Crippen molar-refractivity contribution in [1.82, 2.24) is 14.8 Å². The van der Waals surface area contributed by atoms with E-state index in [9.17, 15) is 14.0 Å². The zero-order chi connectivity index (χ0) is 20.2. The number of rotatable bonds is 5. The van der Waals surface area contributed by atoms with Crippen molar-refractivity contribution < 1.29 is 14.0 Å². The second kappa shape index (κ2) is 8.18. The number of carbonyl (C=O) groups excluding carboxylic acids is 2. The first kappa shape index (κ1) is 18.7. The summed E-state index contributed by atoms with van der Waals surface area (Å²) >= 11 is 0. The molecule has 1 unspecified atom stereocenters. The summed E-state index contributed by atoms with van der Waals surface area (Å²) in [5, 5.41) is 5.27. The molecule has 1 aliphatic heterocycles. The van der Waals surface area contributed by atoms with E-state index in [2.05, 4.69) is 10.6 Å². The first-order valence-corrected chi connectivity index (χ1v) is 9.41. The molecule has 2 aromatic carbocycles. The fourth-order valence-corrected chi connectivity index (χ4v) is 3.50. The lowest BCUT2D eigenvalue weighted by atomic mass is 10.1. The highest BCUT2D eigenvalue weighted by Gasteiger charge is 2.32. The van der Waals surface area contributed by atoms with Crippen molar-refractivity contribution in [1.29, 1.82) is 0 Å². The van der Waals surface area contributed by atoms with Gasteiger partial charge in [0.2, 0.25) is 0 Å². The van der Waals surface area contributed by atoms with E-state index in [1.165, 1.54) is 12.1 Å². The zero-order valence-corrected chi connectivity index (χ0v) is 15.7. The molecule has 0 saturated heterocycles. The van der Waals surface area contributed by atoms with Crippen LogP contribution < -0.4 is 10.6 Å². The summed E-state index contributed by atoms with van der Waals surface area (Å²) in [5.41, 5.74) is 1.76. The van der Waals surface area contributed by atoms with Crippen LogP contribution in [-0.4, -0.2) is 34.0 Å². The minimum Gasteiger partial charge on any atom is -0.341 e. The quantitative estimate of drug-likeness (QED) is 0.698. The fraction of sp³-hybridized carbons (Fsp3) is 0.182. The molecule has 2 N–H and O–H groups in total. The Morgan fingerprint density at radius 3 is 2.59 bits per heavy atom. The Morgan fingerprint density at radius 1 is 1.03 bits per heavy atom. The SMILES string of the molecule is O=C(NCC1Cn2cccc2C(=O)N1Cc1ccccc1)Nc1ccccc1F. The topological polar surface area (TPSA) is 66.4 Å². The van der Waals surface area contributed by atoms with E-state index in [-0.39, 0.29) is 24.2 Å². The lowest BCUT2D eigenvalue weighted by molar-refractivity contribution is 0.0575. The zero-order valence-electron chi connectivity index (χ0n) is 15.7. The minimum absolute atomic E-state index is 0.0774. The van der Waals surface area contributed by atoms with Crippen molar-refractivity contribution in [2.24, 2.45) is 0 Å². The number of hydrogen-bond donors (Lipinski definition) is 2. The molecule has 3 amide bonds. The maximum atomic E-state index is 13.7. The van der Waals surface area contributed by atoms with Crippen molar-refractivity contribution in [3.05, 3.63) is 90.0 Å². The number of hydrogen-bond acceptors (Lipinski definition) is 2. The average Bonchev–Trinajstić information content (AvgIpc) is 3.20. The molecule has 0 spiro atoms. The third kappa shape index (κ3) is 4.13. The molecular weight excluding hydrogens is 371 g/mol. The Labute approximate surface area is 167 Å². The van der Waals surface area contributed by atoms with Crippen LogP contribution in [0.3, 0.4) is 0 Å². The third-order valence-corrected chi connectivity index (χ3v) is 4.97. The smallest absolute Gasteiger partial charge is 0.319 e. The van der Waals surface area contributed by atoms with Crippen LogP contribution in [-0.2, 0) is 13.1 Å². The molecule has 6 nitrogen and oxygen atoms in total. The molecule has 4 rings (SSSR count). The summed E-state index contributed by atoms with van der Waals surface area (Å²) in [4.78, 5) is 27.0. The van der Waals surface area contributed by atoms with Gasteiger partial charge in [0.25, 0.3) is 5.91 Å². The molecule has 0 aliphatic carbocycles. The molecule has 29 heavy (non-hydrogen) atoms. The maximum absolute atomic E-state index is 13.7. The fourth-order valence-electron chi connectivity index (χ4n) is 3.50. The van der Waals surface area contributed by atoms with Crippen molar-refractivity contribution in [2.75, 3.05) is 11.9 Å². The predicted molar refractivity (Wildman–Crippen MR) is 108 cm³/mol. The lowest BCUT2D eigenvalue weighted by Crippen LogP contribution is -2.52. The Bertz CT molecular complexity index is 1020. The number of urea groups is 1. The Kier molecular flexibility index (Phi) is 5.29. The highest BCUT2D eigenvalue weighted by Crippen LogP contribution is 2.21. The molecular formula is C22H21FN4O2. The second-order valence-electron chi connectivity index (χ2n) is 6.93. The van der Waals surface area contributed by atoms with Crippen LogP contribution in [0.5, 0.6) is 0 Å². The van der Waals surface area contributed by atoms with Crippen molar-refractivity contribution in [3.8, 4) is 0 Å². The van der Waals surface area contributed by atoms with Crippen LogP contribution in [0.15, 0.2) is 72.9 Å². The largest absolute Gasteiger partial charge is 0.341 e. The number of nitrogens with zero attached hydrogens (tertiary/aromatic N) is 2. The molecule has 1 aliphatic rings. The normalized spacial score (nSPS) is 15.7. The number of nitrogens with one attached hydrogen (secondary N) is 2. The van der Waals surface area contributed by atoms with Gasteiger partial charge >= 0.3 is 6.03 Å². The Morgan fingerprint density at radius 2 is 1.79 bits per heavy atom. The van der Waals surface area contributed by atoms with E-state index in [0.29, 0.717) is 18.8 Å². The van der Waals surface area contributed by atoms with Crippen LogP contribution in [0.1, 0.15) is 16.1 Å². The van der Waals surface area contributed by atoms with Gasteiger partial charge in [0.05, 0.1) is 11.7 Å². The van der Waals surface area contributed by atoms with Crippen molar-refractivity contribution in [2.45, 2.75) is 19.1 Å². The van der Waals surface area contributed by atoms with Gasteiger partial charge in [-0.1, -0.05) is 42.5 Å². The van der Waals surface area contributed by atoms with Crippen LogP contribution >= 0.6 is 0 Å². The summed E-state index contributed by atoms with van der Waals surface area (Å²) in [6.45, 7) is 1.27. The third-order valence-electron chi connectivity index (χ3n) is 4.97. The molecule has 0 radical (unpaired) electrons. The van der Waals surface area contributed by atoms with Gasteiger partial charge in [-0.25, -0.2) is 9.18 Å². The molecule has 0 bridgehead atoms. The van der Waals surface area contributed by atoms with Crippen LogP contribution in [0.25, 0.3) is 0 Å². The minimum atomic E-state index is -0.513. The van der Waals surface area contributed by atoms with Crippen LogP contribution in [0, 0.1) is 5.82 Å². The van der Waals surface area contributed by atoms with Gasteiger partial charge in [0.15, 0.2) is 0 Å². The molecule has 2 heterocycles. The number of benzene rings is 2. The standard InChI is InChI=1S/C22H21FN4O2/c23-18-9-4-5-10-19(18)25-22(29)24-13-17-15-26-12-6-11-20(26)21(28)27(17)14-16-7-2-1-3-8-16/h1-12,17H,13-15H2,(H2,24,25,29). The predicted octanol–water partition coefficient (Wildman–Crippen LogP) is 3.47. The van der Waals surface area contributed by atoms with Crippen molar-refractivity contribution in [3.63, 3.8) is 0 Å². The number of anilines is 1. The van der Waals surface area contributed by atoms with Gasteiger partial charge in [0, 0.05) is 25.8 Å². The molecule has 7 heteroatoms. The monoisotopic (exact) mass is 392 g/mol. The van der Waals surface area contributed by atoms with Gasteiger partial charge < -0.3 is 20.1 Å². The molecule has 1 aromatic heterocycles. The highest BCUT2D eigenvalue weighted by molar-refractivity contribution is 5.94. The summed E-state index contributed by atoms with van der Waals surface area (Å²) in [6.07, 6.45) is 1.86. The second-order valence-corrected chi connectivity index (χ2v) is 6.93. The molecule has 0 fully saturated rings. The maximum Gasteiger partial charge on any atom is 0.319 e. The van der Waals surface area contributed by atoms with E-state index in [4.69, 9.17) is 0 Å². The first-order chi connectivity index (χ1) is 14.1. The van der Waals surface area contributed by atoms with Gasteiger partial charge in [-0.3, -0.25) is 4.79 Å². The van der Waals surface area contributed by atoms with Crippen molar-refractivity contribution >= 4 is 17.6 Å². The summed E-state index contributed by atoms with van der Waals surface area (Å²) in [5.74, 6) is -0.579. The van der Waals surface area contributed by atoms with Gasteiger partial charge in [-0.2, -0.15) is 0 Å². The number of carbonyl (C=O) groups is 2. The van der Waals surface area contributed by atoms with Crippen LogP contribution in [0.2, 0.25) is 0 Å². The molecule has 3 aromatic rings. The molecule has 1 atom stereocenters. The number of aromatic nitrogens is 1. The number of halogens is 1. The highest BCUT2D eigenvalue weighted by atomic mass is 19.1. The number of amides is 3. The van der Waals surface area contributed by atoms with Gasteiger partial charge in [-0.15, -0.1) is 0 Å². The summed E-state index contributed by atoms with van der Waals surface area (Å²) in [7, 11) is 0. The van der Waals surface area contributed by atoms with Crippen LogP contribution in [0.4, 0.5) is 14.9 Å². The number of para-hydroxylation sites is 1. The Hall–Kier alpha value is -3.61. The van der Waals surface area contributed by atoms with E-state index >= 15 is 0 Å². The summed E-state index contributed by atoms with van der Waals surface area (Å²) < 4.78 is 15.6. The average molecular weight is 392 g/mol. The summed E-state index contributed by atoms with van der Waals surface area (Å²) in [6, 6.07) is 18.6. The first-order valence-electron chi connectivity index (χ1n) is 9.41. The van der Waals surface area contributed by atoms with E-state index in [1.54, 1.807) is 23.1 Å². The van der Waals surface area contributed by atoms with Gasteiger partial charge in [-0.05, 0) is 29.8 Å².